The topological polar surface area (TPSA) is 43.8 Å². The number of rotatable bonds is 3. The van der Waals surface area contributed by atoms with Gasteiger partial charge in [-0.15, -0.1) is 0 Å². The minimum absolute atomic E-state index is 0.0881. The largest absolute Gasteiger partial charge is 0.324 e. The molecule has 96 valence electrons. The number of nitrogens with two attached hydrogens (primary N) is 1. The molecule has 1 atom stereocenters. The number of aromatic nitrogens is 2. The Morgan fingerprint density at radius 1 is 1.50 bits per heavy atom. The molecular weight excluding hydrogens is 314 g/mol. The predicted molar refractivity (Wildman–Crippen MR) is 77.7 cm³/mol. The predicted octanol–water partition coefficient (Wildman–Crippen LogP) is 3.39. The van der Waals surface area contributed by atoms with Crippen molar-refractivity contribution >= 4 is 27.5 Å². The average Bonchev–Trinajstić information content (AvgIpc) is 2.56. The maximum atomic E-state index is 6.23. The minimum atomic E-state index is -0.0881. The van der Waals surface area contributed by atoms with Crippen LogP contribution in [0.25, 0.3) is 0 Å². The molecule has 1 aromatic heterocycles. The highest BCUT2D eigenvalue weighted by atomic mass is 79.9. The fourth-order valence-electron chi connectivity index (χ4n) is 1.97. The summed E-state index contributed by atoms with van der Waals surface area (Å²) in [5.74, 6) is 0. The molecule has 1 aromatic carbocycles. The first-order chi connectivity index (χ1) is 8.49. The summed E-state index contributed by atoms with van der Waals surface area (Å²) in [6, 6.07) is 7.93. The van der Waals surface area contributed by atoms with E-state index in [2.05, 4.69) is 21.0 Å². The minimum Gasteiger partial charge on any atom is -0.324 e. The lowest BCUT2D eigenvalue weighted by atomic mass is 10.0. The van der Waals surface area contributed by atoms with Crippen molar-refractivity contribution in [3.63, 3.8) is 0 Å². The van der Waals surface area contributed by atoms with E-state index in [4.69, 9.17) is 17.3 Å². The maximum Gasteiger partial charge on any atom is 0.0847 e. The third kappa shape index (κ3) is 2.76. The fraction of sp³-hybridized carbons (Fsp3) is 0.308. The Hall–Kier alpha value is -0.840. The molecule has 18 heavy (non-hydrogen) atoms. The molecule has 2 rings (SSSR count). The Morgan fingerprint density at radius 3 is 2.78 bits per heavy atom. The first kappa shape index (κ1) is 13.6. The van der Waals surface area contributed by atoms with Crippen LogP contribution in [0.4, 0.5) is 0 Å². The molecule has 0 spiro atoms. The fourth-order valence-corrected chi connectivity index (χ4v) is 2.62. The van der Waals surface area contributed by atoms with Gasteiger partial charge in [-0.25, -0.2) is 0 Å². The van der Waals surface area contributed by atoms with Crippen molar-refractivity contribution < 1.29 is 0 Å². The summed E-state index contributed by atoms with van der Waals surface area (Å²) >= 11 is 9.68. The second kappa shape index (κ2) is 5.43. The summed E-state index contributed by atoms with van der Waals surface area (Å²) in [6.07, 6.45) is 0.673. The van der Waals surface area contributed by atoms with Gasteiger partial charge in [0.25, 0.3) is 0 Å². The molecule has 2 N–H and O–H groups in total. The number of aryl methyl sites for hydroxylation is 2. The first-order valence-corrected chi connectivity index (χ1v) is 6.85. The monoisotopic (exact) mass is 327 g/mol. The molecule has 0 aliphatic carbocycles. The van der Waals surface area contributed by atoms with E-state index >= 15 is 0 Å². The Labute approximate surface area is 120 Å². The molecule has 1 heterocycles. The van der Waals surface area contributed by atoms with E-state index in [-0.39, 0.29) is 6.04 Å². The summed E-state index contributed by atoms with van der Waals surface area (Å²) in [5, 5.41) is 5.01. The normalized spacial score (nSPS) is 12.7. The van der Waals surface area contributed by atoms with Crippen molar-refractivity contribution in [1.82, 2.24) is 9.78 Å². The number of halogens is 2. The molecule has 0 amide bonds. The molecule has 0 fully saturated rings. The lowest BCUT2D eigenvalue weighted by Crippen LogP contribution is -2.15. The van der Waals surface area contributed by atoms with E-state index in [1.165, 1.54) is 0 Å². The third-order valence-electron chi connectivity index (χ3n) is 2.95. The second-order valence-corrected chi connectivity index (χ2v) is 5.63. The number of hydrogen-bond acceptors (Lipinski definition) is 2. The van der Waals surface area contributed by atoms with Gasteiger partial charge in [-0.2, -0.15) is 5.10 Å². The molecule has 1 unspecified atom stereocenters. The van der Waals surface area contributed by atoms with E-state index in [9.17, 15) is 0 Å². The van der Waals surface area contributed by atoms with Crippen molar-refractivity contribution in [2.24, 2.45) is 12.8 Å². The Morgan fingerprint density at radius 2 is 2.22 bits per heavy atom. The lowest BCUT2D eigenvalue weighted by molar-refractivity contribution is 0.639. The van der Waals surface area contributed by atoms with Crippen LogP contribution in [0.5, 0.6) is 0 Å². The quantitative estimate of drug-likeness (QED) is 0.938. The Balaban J connectivity index is 2.24. The summed E-state index contributed by atoms with van der Waals surface area (Å²) in [5.41, 5.74) is 9.12. The Bertz CT molecular complexity index is 565. The summed E-state index contributed by atoms with van der Waals surface area (Å²) in [6.45, 7) is 1.90. The molecule has 3 nitrogen and oxygen atoms in total. The smallest absolute Gasteiger partial charge is 0.0847 e. The van der Waals surface area contributed by atoms with E-state index in [1.54, 1.807) is 4.68 Å². The van der Waals surface area contributed by atoms with Gasteiger partial charge in [-0.3, -0.25) is 4.68 Å². The van der Waals surface area contributed by atoms with Gasteiger partial charge in [0.05, 0.1) is 16.4 Å². The van der Waals surface area contributed by atoms with Crippen LogP contribution in [0, 0.1) is 6.92 Å². The highest BCUT2D eigenvalue weighted by Crippen LogP contribution is 2.25. The summed E-state index contributed by atoms with van der Waals surface area (Å²) < 4.78 is 2.83. The van der Waals surface area contributed by atoms with Gasteiger partial charge in [0.2, 0.25) is 0 Å². The second-order valence-electron chi connectivity index (χ2n) is 4.34. The van der Waals surface area contributed by atoms with Gasteiger partial charge in [0, 0.05) is 24.0 Å². The van der Waals surface area contributed by atoms with Gasteiger partial charge in [0.1, 0.15) is 0 Å². The SMILES string of the molecule is Cc1nn(C)c(CC(N)c2cccc(Br)c2)c1Cl. The van der Waals surface area contributed by atoms with Crippen LogP contribution in [-0.2, 0) is 13.5 Å². The zero-order chi connectivity index (χ0) is 13.3. The van der Waals surface area contributed by atoms with Crippen LogP contribution >= 0.6 is 27.5 Å². The maximum absolute atomic E-state index is 6.23. The van der Waals surface area contributed by atoms with E-state index in [1.807, 2.05) is 38.2 Å². The molecule has 0 saturated carbocycles. The lowest BCUT2D eigenvalue weighted by Gasteiger charge is -2.13. The van der Waals surface area contributed by atoms with Crippen molar-refractivity contribution in [2.75, 3.05) is 0 Å². The van der Waals surface area contributed by atoms with Crippen molar-refractivity contribution in [2.45, 2.75) is 19.4 Å². The standard InChI is InChI=1S/C13H15BrClN3/c1-8-13(15)12(18(2)17-8)7-11(16)9-4-3-5-10(14)6-9/h3-6,11H,7,16H2,1-2H3. The van der Waals surface area contributed by atoms with E-state index in [0.29, 0.717) is 11.4 Å². The summed E-state index contributed by atoms with van der Waals surface area (Å²) in [4.78, 5) is 0. The zero-order valence-electron chi connectivity index (χ0n) is 10.3. The van der Waals surface area contributed by atoms with Crippen LogP contribution < -0.4 is 5.73 Å². The molecular formula is C13H15BrClN3. The Kier molecular flexibility index (Phi) is 4.10. The van der Waals surface area contributed by atoms with Gasteiger partial charge >= 0.3 is 0 Å². The summed E-state index contributed by atoms with van der Waals surface area (Å²) in [7, 11) is 1.89. The van der Waals surface area contributed by atoms with Crippen LogP contribution in [-0.4, -0.2) is 9.78 Å². The van der Waals surface area contributed by atoms with E-state index in [0.717, 1.165) is 21.4 Å². The van der Waals surface area contributed by atoms with Crippen molar-refractivity contribution in [3.8, 4) is 0 Å². The van der Waals surface area contributed by atoms with Gasteiger partial charge in [-0.05, 0) is 24.6 Å². The highest BCUT2D eigenvalue weighted by Gasteiger charge is 2.15. The van der Waals surface area contributed by atoms with Gasteiger partial charge in [-0.1, -0.05) is 39.7 Å². The number of benzene rings is 1. The molecule has 0 bridgehead atoms. The first-order valence-electron chi connectivity index (χ1n) is 5.68. The van der Waals surface area contributed by atoms with E-state index < -0.39 is 0 Å². The molecule has 0 aliphatic rings. The van der Waals surface area contributed by atoms with Crippen molar-refractivity contribution in [3.05, 3.63) is 50.7 Å². The molecule has 0 radical (unpaired) electrons. The van der Waals surface area contributed by atoms with Crippen LogP contribution in [0.1, 0.15) is 23.0 Å². The third-order valence-corrected chi connectivity index (χ3v) is 3.94. The van der Waals surface area contributed by atoms with Crippen LogP contribution in [0.3, 0.4) is 0 Å². The van der Waals surface area contributed by atoms with Crippen LogP contribution in [0.15, 0.2) is 28.7 Å². The molecule has 0 aliphatic heterocycles. The molecule has 2 aromatic rings. The van der Waals surface area contributed by atoms with Gasteiger partial charge in [0.15, 0.2) is 0 Å². The van der Waals surface area contributed by atoms with Crippen LogP contribution in [0.2, 0.25) is 5.02 Å². The highest BCUT2D eigenvalue weighted by molar-refractivity contribution is 9.10. The van der Waals surface area contributed by atoms with Gasteiger partial charge < -0.3 is 5.73 Å². The van der Waals surface area contributed by atoms with Crippen molar-refractivity contribution in [1.29, 1.82) is 0 Å². The average molecular weight is 329 g/mol. The molecule has 5 heteroatoms. The number of hydrogen-bond donors (Lipinski definition) is 1. The zero-order valence-corrected chi connectivity index (χ0v) is 12.7. The number of nitrogens with zero attached hydrogens (tertiary/aromatic N) is 2. The molecule has 0 saturated heterocycles.